The molecule has 1 aliphatic carbocycles. The minimum atomic E-state index is -0.233. The summed E-state index contributed by atoms with van der Waals surface area (Å²) in [5.41, 5.74) is 7.14. The van der Waals surface area contributed by atoms with Crippen molar-refractivity contribution in [3.05, 3.63) is 35.9 Å². The highest BCUT2D eigenvalue weighted by Gasteiger charge is 2.33. The van der Waals surface area contributed by atoms with Crippen molar-refractivity contribution in [1.82, 2.24) is 5.32 Å². The maximum Gasteiger partial charge on any atom is 0.224 e. The molecule has 2 rings (SSSR count). The van der Waals surface area contributed by atoms with Crippen molar-refractivity contribution < 1.29 is 4.79 Å². The van der Waals surface area contributed by atoms with Gasteiger partial charge in [-0.2, -0.15) is 0 Å². The van der Waals surface area contributed by atoms with Crippen LogP contribution in [0.1, 0.15) is 31.9 Å². The van der Waals surface area contributed by atoms with E-state index in [1.54, 1.807) is 0 Å². The molecule has 0 radical (unpaired) electrons. The van der Waals surface area contributed by atoms with Gasteiger partial charge in [0.05, 0.1) is 5.92 Å². The maximum atomic E-state index is 12.0. The fourth-order valence-electron chi connectivity index (χ4n) is 2.20. The van der Waals surface area contributed by atoms with Crippen LogP contribution in [-0.4, -0.2) is 12.5 Å². The average Bonchev–Trinajstić information content (AvgIpc) is 3.11. The Balaban J connectivity index is 1.85. The smallest absolute Gasteiger partial charge is 0.224 e. The van der Waals surface area contributed by atoms with Gasteiger partial charge in [0.2, 0.25) is 5.91 Å². The first-order chi connectivity index (χ1) is 8.59. The molecule has 4 unspecified atom stereocenters. The number of carbonyl (C=O) groups excluding carboxylic acids is 1. The third-order valence-corrected chi connectivity index (χ3v) is 3.95. The average molecular weight is 246 g/mol. The fraction of sp³-hybridized carbons (Fsp3) is 0.533. The van der Waals surface area contributed by atoms with E-state index in [0.29, 0.717) is 5.92 Å². The Morgan fingerprint density at radius 2 is 2.06 bits per heavy atom. The topological polar surface area (TPSA) is 55.1 Å². The molecule has 98 valence electrons. The lowest BCUT2D eigenvalue weighted by Crippen LogP contribution is -2.36. The fourth-order valence-corrected chi connectivity index (χ4v) is 2.20. The third-order valence-electron chi connectivity index (χ3n) is 3.95. The second kappa shape index (κ2) is 5.53. The first-order valence-electron chi connectivity index (χ1n) is 6.68. The molecule has 0 aromatic heterocycles. The zero-order valence-electron chi connectivity index (χ0n) is 11.1. The Labute approximate surface area is 109 Å². The lowest BCUT2D eigenvalue weighted by Gasteiger charge is -2.19. The summed E-state index contributed by atoms with van der Waals surface area (Å²) in [6.07, 6.45) is 1.24. The Morgan fingerprint density at radius 3 is 2.61 bits per heavy atom. The highest BCUT2D eigenvalue weighted by molar-refractivity contribution is 5.79. The van der Waals surface area contributed by atoms with Crippen molar-refractivity contribution in [3.8, 4) is 0 Å². The van der Waals surface area contributed by atoms with E-state index >= 15 is 0 Å². The maximum absolute atomic E-state index is 12.0. The van der Waals surface area contributed by atoms with Gasteiger partial charge >= 0.3 is 0 Å². The summed E-state index contributed by atoms with van der Waals surface area (Å²) < 4.78 is 0. The van der Waals surface area contributed by atoms with Crippen LogP contribution < -0.4 is 11.1 Å². The van der Waals surface area contributed by atoms with Gasteiger partial charge in [0.25, 0.3) is 0 Å². The molecule has 4 atom stereocenters. The second-order valence-corrected chi connectivity index (χ2v) is 5.44. The van der Waals surface area contributed by atoms with Gasteiger partial charge in [-0.1, -0.05) is 44.2 Å². The first kappa shape index (κ1) is 13.1. The molecule has 0 spiro atoms. The molecule has 0 bridgehead atoms. The Bertz CT molecular complexity index is 404. The lowest BCUT2D eigenvalue weighted by atomic mass is 9.94. The number of benzene rings is 1. The molecule has 3 N–H and O–H groups in total. The molecule has 0 heterocycles. The normalized spacial score (nSPS) is 25.3. The first-order valence-corrected chi connectivity index (χ1v) is 6.68. The Hall–Kier alpha value is -1.35. The second-order valence-electron chi connectivity index (χ2n) is 5.44. The van der Waals surface area contributed by atoms with Crippen LogP contribution in [0.2, 0.25) is 0 Å². The number of carbonyl (C=O) groups is 1. The minimum absolute atomic E-state index is 0.0606. The van der Waals surface area contributed by atoms with Gasteiger partial charge in [-0.25, -0.2) is 0 Å². The molecule has 0 saturated heterocycles. The zero-order valence-corrected chi connectivity index (χ0v) is 11.1. The van der Waals surface area contributed by atoms with Crippen molar-refractivity contribution in [1.29, 1.82) is 0 Å². The van der Waals surface area contributed by atoms with E-state index in [1.807, 2.05) is 37.3 Å². The number of hydrogen-bond donors (Lipinski definition) is 2. The van der Waals surface area contributed by atoms with Crippen LogP contribution in [0.4, 0.5) is 0 Å². The molecule has 3 heteroatoms. The number of nitrogens with two attached hydrogens (primary N) is 1. The van der Waals surface area contributed by atoms with Crippen LogP contribution in [-0.2, 0) is 4.79 Å². The highest BCUT2D eigenvalue weighted by atomic mass is 16.1. The van der Waals surface area contributed by atoms with E-state index in [-0.39, 0.29) is 17.9 Å². The van der Waals surface area contributed by atoms with Crippen LogP contribution in [0.3, 0.4) is 0 Å². The summed E-state index contributed by atoms with van der Waals surface area (Å²) in [4.78, 5) is 12.0. The van der Waals surface area contributed by atoms with E-state index < -0.39 is 0 Å². The van der Waals surface area contributed by atoms with Crippen molar-refractivity contribution in [2.45, 2.75) is 26.3 Å². The van der Waals surface area contributed by atoms with Gasteiger partial charge in [0.1, 0.15) is 0 Å². The molecule has 1 amide bonds. The molecule has 0 aliphatic heterocycles. The van der Waals surface area contributed by atoms with Crippen molar-refractivity contribution in [3.63, 3.8) is 0 Å². The molecule has 1 fully saturated rings. The molecular weight excluding hydrogens is 224 g/mol. The summed E-state index contributed by atoms with van der Waals surface area (Å²) in [6, 6.07) is 9.56. The summed E-state index contributed by atoms with van der Waals surface area (Å²) in [5.74, 6) is 1.31. The summed E-state index contributed by atoms with van der Waals surface area (Å²) in [7, 11) is 0. The summed E-state index contributed by atoms with van der Waals surface area (Å²) >= 11 is 0. The van der Waals surface area contributed by atoms with Gasteiger partial charge in [-0.3, -0.25) is 4.79 Å². The van der Waals surface area contributed by atoms with Crippen LogP contribution in [0.5, 0.6) is 0 Å². The van der Waals surface area contributed by atoms with Gasteiger partial charge in [0.15, 0.2) is 0 Å². The predicted molar refractivity (Wildman–Crippen MR) is 72.8 cm³/mol. The number of nitrogens with one attached hydrogen (secondary N) is 1. The Morgan fingerprint density at radius 1 is 1.44 bits per heavy atom. The van der Waals surface area contributed by atoms with Crippen LogP contribution in [0.25, 0.3) is 0 Å². The van der Waals surface area contributed by atoms with Gasteiger partial charge in [0, 0.05) is 12.6 Å². The molecule has 1 aromatic carbocycles. The lowest BCUT2D eigenvalue weighted by molar-refractivity contribution is -0.125. The van der Waals surface area contributed by atoms with E-state index in [4.69, 9.17) is 5.73 Å². The molecule has 3 nitrogen and oxygen atoms in total. The SMILES string of the molecule is CC1CC1CNC(=O)C(C)C(N)c1ccccc1. The molecule has 1 aromatic rings. The van der Waals surface area contributed by atoms with E-state index in [9.17, 15) is 4.79 Å². The van der Waals surface area contributed by atoms with Crippen LogP contribution in [0.15, 0.2) is 30.3 Å². The number of rotatable bonds is 5. The minimum Gasteiger partial charge on any atom is -0.356 e. The molecule has 18 heavy (non-hydrogen) atoms. The molecular formula is C15H22N2O. The predicted octanol–water partition coefficient (Wildman–Crippen LogP) is 2.09. The quantitative estimate of drug-likeness (QED) is 0.836. The third kappa shape index (κ3) is 3.10. The molecule has 1 saturated carbocycles. The number of hydrogen-bond acceptors (Lipinski definition) is 2. The van der Waals surface area contributed by atoms with Gasteiger partial charge < -0.3 is 11.1 Å². The monoisotopic (exact) mass is 246 g/mol. The van der Waals surface area contributed by atoms with E-state index in [2.05, 4.69) is 12.2 Å². The number of amides is 1. The molecule has 1 aliphatic rings. The largest absolute Gasteiger partial charge is 0.356 e. The highest BCUT2D eigenvalue weighted by Crippen LogP contribution is 2.36. The van der Waals surface area contributed by atoms with Crippen LogP contribution in [0, 0.1) is 17.8 Å². The van der Waals surface area contributed by atoms with Crippen molar-refractivity contribution >= 4 is 5.91 Å². The van der Waals surface area contributed by atoms with Gasteiger partial charge in [-0.05, 0) is 23.8 Å². The van der Waals surface area contributed by atoms with Gasteiger partial charge in [-0.15, -0.1) is 0 Å². The Kier molecular flexibility index (Phi) is 4.02. The zero-order chi connectivity index (χ0) is 13.1. The summed E-state index contributed by atoms with van der Waals surface area (Å²) in [5, 5.41) is 3.01. The standard InChI is InChI=1S/C15H22N2O/c1-10-8-13(10)9-17-15(18)11(2)14(16)12-6-4-3-5-7-12/h3-7,10-11,13-14H,8-9,16H2,1-2H3,(H,17,18). The van der Waals surface area contributed by atoms with Crippen molar-refractivity contribution in [2.75, 3.05) is 6.54 Å². The van der Waals surface area contributed by atoms with Crippen LogP contribution >= 0.6 is 0 Å². The van der Waals surface area contributed by atoms with Crippen molar-refractivity contribution in [2.24, 2.45) is 23.5 Å². The summed E-state index contributed by atoms with van der Waals surface area (Å²) in [6.45, 7) is 4.91. The van der Waals surface area contributed by atoms with E-state index in [1.165, 1.54) is 6.42 Å². The van der Waals surface area contributed by atoms with E-state index in [0.717, 1.165) is 18.0 Å².